The number of aliphatic carboxylic acids is 1. The van der Waals surface area contributed by atoms with Crippen molar-refractivity contribution in [3.05, 3.63) is 17.5 Å². The number of rotatable bonds is 3. The van der Waals surface area contributed by atoms with Crippen LogP contribution in [-0.4, -0.2) is 58.2 Å². The summed E-state index contributed by atoms with van der Waals surface area (Å²) in [6.45, 7) is 6.13. The Bertz CT molecular complexity index is 546. The number of aryl methyl sites for hydroxylation is 1. The SMILES string of the molecule is Cc1cc(C#N)nc(N2CCN(C(C)C(=O)O)CC2)n1. The monoisotopic (exact) mass is 275 g/mol. The molecule has 20 heavy (non-hydrogen) atoms. The molecule has 0 amide bonds. The fourth-order valence-electron chi connectivity index (χ4n) is 2.22. The van der Waals surface area contributed by atoms with Crippen LogP contribution in [0.2, 0.25) is 0 Å². The molecule has 1 aliphatic heterocycles. The second-order valence-corrected chi connectivity index (χ2v) is 4.84. The number of carboxylic acids is 1. The molecule has 0 aromatic carbocycles. The molecule has 1 unspecified atom stereocenters. The molecular weight excluding hydrogens is 258 g/mol. The van der Waals surface area contributed by atoms with E-state index in [4.69, 9.17) is 10.4 Å². The second kappa shape index (κ2) is 5.84. The van der Waals surface area contributed by atoms with E-state index in [2.05, 4.69) is 9.97 Å². The quantitative estimate of drug-likeness (QED) is 0.845. The summed E-state index contributed by atoms with van der Waals surface area (Å²) in [4.78, 5) is 23.4. The van der Waals surface area contributed by atoms with Crippen molar-refractivity contribution in [2.45, 2.75) is 19.9 Å². The van der Waals surface area contributed by atoms with E-state index in [0.717, 1.165) is 5.69 Å². The molecule has 1 aromatic rings. The minimum Gasteiger partial charge on any atom is -0.480 e. The molecule has 0 radical (unpaired) electrons. The minimum atomic E-state index is -0.808. The van der Waals surface area contributed by atoms with Gasteiger partial charge >= 0.3 is 5.97 Å². The number of aromatic nitrogens is 2. The van der Waals surface area contributed by atoms with Crippen molar-refractivity contribution in [3.63, 3.8) is 0 Å². The van der Waals surface area contributed by atoms with Crippen molar-refractivity contribution < 1.29 is 9.90 Å². The first kappa shape index (κ1) is 14.2. The highest BCUT2D eigenvalue weighted by molar-refractivity contribution is 5.72. The lowest BCUT2D eigenvalue weighted by Crippen LogP contribution is -2.52. The third-order valence-electron chi connectivity index (χ3n) is 3.46. The molecule has 1 fully saturated rings. The second-order valence-electron chi connectivity index (χ2n) is 4.84. The zero-order chi connectivity index (χ0) is 14.7. The van der Waals surface area contributed by atoms with E-state index in [0.29, 0.717) is 37.8 Å². The molecule has 0 spiro atoms. The predicted molar refractivity (Wildman–Crippen MR) is 72.4 cm³/mol. The summed E-state index contributed by atoms with van der Waals surface area (Å²) in [5.74, 6) is -0.263. The van der Waals surface area contributed by atoms with Gasteiger partial charge in [-0.1, -0.05) is 0 Å². The normalized spacial score (nSPS) is 17.6. The van der Waals surface area contributed by atoms with Crippen molar-refractivity contribution >= 4 is 11.9 Å². The first-order chi connectivity index (χ1) is 9.51. The van der Waals surface area contributed by atoms with Gasteiger partial charge in [0, 0.05) is 31.9 Å². The fraction of sp³-hybridized carbons (Fsp3) is 0.538. The Labute approximate surface area is 117 Å². The Kier molecular flexibility index (Phi) is 4.15. The number of piperazine rings is 1. The Morgan fingerprint density at radius 1 is 1.40 bits per heavy atom. The van der Waals surface area contributed by atoms with E-state index in [1.807, 2.05) is 22.8 Å². The van der Waals surface area contributed by atoms with Crippen molar-refractivity contribution in [2.75, 3.05) is 31.1 Å². The van der Waals surface area contributed by atoms with Gasteiger partial charge in [0.25, 0.3) is 0 Å². The van der Waals surface area contributed by atoms with Gasteiger partial charge in [0.05, 0.1) is 0 Å². The number of nitriles is 1. The summed E-state index contributed by atoms with van der Waals surface area (Å²) < 4.78 is 0. The molecule has 7 nitrogen and oxygen atoms in total. The van der Waals surface area contributed by atoms with Crippen LogP contribution in [-0.2, 0) is 4.79 Å². The third-order valence-corrected chi connectivity index (χ3v) is 3.46. The number of anilines is 1. The van der Waals surface area contributed by atoms with Gasteiger partial charge in [0.1, 0.15) is 17.8 Å². The first-order valence-electron chi connectivity index (χ1n) is 6.49. The summed E-state index contributed by atoms with van der Waals surface area (Å²) in [5.41, 5.74) is 1.11. The molecule has 0 bridgehead atoms. The Hall–Kier alpha value is -2.20. The molecule has 1 N–H and O–H groups in total. The average molecular weight is 275 g/mol. The van der Waals surface area contributed by atoms with Crippen LogP contribution >= 0.6 is 0 Å². The third kappa shape index (κ3) is 3.03. The number of carbonyl (C=O) groups is 1. The van der Waals surface area contributed by atoms with Gasteiger partial charge in [-0.2, -0.15) is 5.26 Å². The summed E-state index contributed by atoms with van der Waals surface area (Å²) >= 11 is 0. The lowest BCUT2D eigenvalue weighted by Gasteiger charge is -2.36. The van der Waals surface area contributed by atoms with Crippen LogP contribution in [0, 0.1) is 18.3 Å². The highest BCUT2D eigenvalue weighted by atomic mass is 16.4. The maximum Gasteiger partial charge on any atom is 0.320 e. The van der Waals surface area contributed by atoms with Crippen LogP contribution in [0.5, 0.6) is 0 Å². The van der Waals surface area contributed by atoms with E-state index in [-0.39, 0.29) is 0 Å². The van der Waals surface area contributed by atoms with Gasteiger partial charge in [-0.05, 0) is 19.9 Å². The smallest absolute Gasteiger partial charge is 0.320 e. The molecule has 1 aromatic heterocycles. The van der Waals surface area contributed by atoms with Gasteiger partial charge in [-0.25, -0.2) is 9.97 Å². The van der Waals surface area contributed by atoms with E-state index in [1.165, 1.54) is 0 Å². The van der Waals surface area contributed by atoms with E-state index < -0.39 is 12.0 Å². The lowest BCUT2D eigenvalue weighted by atomic mass is 10.2. The highest BCUT2D eigenvalue weighted by Crippen LogP contribution is 2.14. The van der Waals surface area contributed by atoms with Crippen LogP contribution in [0.1, 0.15) is 18.3 Å². The number of nitrogens with zero attached hydrogens (tertiary/aromatic N) is 5. The van der Waals surface area contributed by atoms with Crippen molar-refractivity contribution in [1.82, 2.24) is 14.9 Å². The predicted octanol–water partition coefficient (Wildman–Crippen LogP) is 0.252. The molecule has 2 rings (SSSR count). The van der Waals surface area contributed by atoms with Crippen molar-refractivity contribution in [3.8, 4) is 6.07 Å². The van der Waals surface area contributed by atoms with Crippen LogP contribution in [0.3, 0.4) is 0 Å². The zero-order valence-corrected chi connectivity index (χ0v) is 11.6. The number of hydrogen-bond donors (Lipinski definition) is 1. The van der Waals surface area contributed by atoms with Gasteiger partial charge in [-0.15, -0.1) is 0 Å². The summed E-state index contributed by atoms with van der Waals surface area (Å²) in [7, 11) is 0. The topological polar surface area (TPSA) is 93.4 Å². The number of carboxylic acid groups (broad SMARTS) is 1. The number of hydrogen-bond acceptors (Lipinski definition) is 6. The molecule has 2 heterocycles. The molecule has 106 valence electrons. The largest absolute Gasteiger partial charge is 0.480 e. The van der Waals surface area contributed by atoms with Crippen LogP contribution in [0.15, 0.2) is 6.07 Å². The zero-order valence-electron chi connectivity index (χ0n) is 11.6. The van der Waals surface area contributed by atoms with Crippen LogP contribution < -0.4 is 4.90 Å². The highest BCUT2D eigenvalue weighted by Gasteiger charge is 2.26. The van der Waals surface area contributed by atoms with Gasteiger partial charge in [0.15, 0.2) is 0 Å². The van der Waals surface area contributed by atoms with Crippen molar-refractivity contribution in [1.29, 1.82) is 5.26 Å². The lowest BCUT2D eigenvalue weighted by molar-refractivity contribution is -0.142. The molecular formula is C13H17N5O2. The molecule has 0 aliphatic carbocycles. The molecule has 1 atom stereocenters. The van der Waals surface area contributed by atoms with Gasteiger partial charge < -0.3 is 10.0 Å². The maximum atomic E-state index is 11.0. The Balaban J connectivity index is 2.06. The molecule has 1 saturated heterocycles. The Morgan fingerprint density at radius 2 is 2.05 bits per heavy atom. The maximum absolute atomic E-state index is 11.0. The minimum absolute atomic E-state index is 0.355. The molecule has 1 aliphatic rings. The van der Waals surface area contributed by atoms with E-state index in [1.54, 1.807) is 13.0 Å². The van der Waals surface area contributed by atoms with Gasteiger partial charge in [0.2, 0.25) is 5.95 Å². The molecule has 7 heteroatoms. The average Bonchev–Trinajstić information content (AvgIpc) is 2.45. The van der Waals surface area contributed by atoms with Crippen LogP contribution in [0.25, 0.3) is 0 Å². The summed E-state index contributed by atoms with van der Waals surface area (Å²) in [6.07, 6.45) is 0. The summed E-state index contributed by atoms with van der Waals surface area (Å²) in [6, 6.07) is 3.19. The van der Waals surface area contributed by atoms with Gasteiger partial charge in [-0.3, -0.25) is 9.69 Å². The van der Waals surface area contributed by atoms with Crippen molar-refractivity contribution in [2.24, 2.45) is 0 Å². The van der Waals surface area contributed by atoms with Crippen LogP contribution in [0.4, 0.5) is 5.95 Å². The summed E-state index contributed by atoms with van der Waals surface area (Å²) in [5, 5.41) is 17.9. The molecule has 0 saturated carbocycles. The Morgan fingerprint density at radius 3 is 2.60 bits per heavy atom. The fourth-order valence-corrected chi connectivity index (χ4v) is 2.22. The standard InChI is InChI=1S/C13H17N5O2/c1-9-7-11(8-14)16-13(15-9)18-5-3-17(4-6-18)10(2)12(19)20/h7,10H,3-6H2,1-2H3,(H,19,20). The van der Waals surface area contributed by atoms with E-state index in [9.17, 15) is 4.79 Å². The first-order valence-corrected chi connectivity index (χ1v) is 6.49. The van der Waals surface area contributed by atoms with E-state index >= 15 is 0 Å².